The summed E-state index contributed by atoms with van der Waals surface area (Å²) in [6, 6.07) is 3.25. The maximum absolute atomic E-state index is 13.1. The molecule has 0 aliphatic carbocycles. The van der Waals surface area contributed by atoms with Crippen LogP contribution in [0.25, 0.3) is 0 Å². The molecule has 0 bridgehead atoms. The van der Waals surface area contributed by atoms with Crippen molar-refractivity contribution in [3.05, 3.63) is 28.8 Å². The predicted molar refractivity (Wildman–Crippen MR) is 99.1 cm³/mol. The second-order valence-electron chi connectivity index (χ2n) is 6.90. The molecular weight excluding hydrogens is 338 g/mol. The quantitative estimate of drug-likeness (QED) is 0.750. The van der Waals surface area contributed by atoms with Crippen molar-refractivity contribution in [2.24, 2.45) is 11.7 Å². The Morgan fingerprint density at radius 1 is 1.28 bits per heavy atom. The number of nitrogens with one attached hydrogen (secondary N) is 1. The number of amides is 1. The third kappa shape index (κ3) is 4.59. The van der Waals surface area contributed by atoms with E-state index >= 15 is 0 Å². The second kappa shape index (κ2) is 8.29. The molecule has 0 unspecified atom stereocenters. The molecule has 1 aliphatic heterocycles. The summed E-state index contributed by atoms with van der Waals surface area (Å²) in [7, 11) is -3.59. The Morgan fingerprint density at radius 3 is 2.52 bits per heavy atom. The van der Waals surface area contributed by atoms with Gasteiger partial charge in [0, 0.05) is 25.2 Å². The van der Waals surface area contributed by atoms with Crippen LogP contribution < -0.4 is 11.1 Å². The lowest BCUT2D eigenvalue weighted by molar-refractivity contribution is 0.0953. The summed E-state index contributed by atoms with van der Waals surface area (Å²) in [4.78, 5) is 12.6. The van der Waals surface area contributed by atoms with Gasteiger partial charge in [0.1, 0.15) is 0 Å². The maximum atomic E-state index is 13.1. The summed E-state index contributed by atoms with van der Waals surface area (Å²) in [6.07, 6.45) is 2.43. The summed E-state index contributed by atoms with van der Waals surface area (Å²) < 4.78 is 27.7. The van der Waals surface area contributed by atoms with Crippen molar-refractivity contribution in [3.8, 4) is 0 Å². The summed E-state index contributed by atoms with van der Waals surface area (Å²) in [6.45, 7) is 7.83. The molecule has 140 valence electrons. The lowest BCUT2D eigenvalue weighted by atomic mass is 10.0. The zero-order valence-electron chi connectivity index (χ0n) is 15.3. The van der Waals surface area contributed by atoms with Crippen LogP contribution >= 0.6 is 0 Å². The SMILES string of the molecule is Cc1cc(C(=O)NCCCN)cc(S(=O)(=O)N2CCC(C)CC2)c1C. The number of hydrogen-bond acceptors (Lipinski definition) is 4. The Kier molecular flexibility index (Phi) is 6.59. The van der Waals surface area contributed by atoms with E-state index in [2.05, 4.69) is 12.2 Å². The lowest BCUT2D eigenvalue weighted by Gasteiger charge is -2.30. The van der Waals surface area contributed by atoms with E-state index in [1.54, 1.807) is 17.3 Å². The average molecular weight is 368 g/mol. The number of benzene rings is 1. The van der Waals surface area contributed by atoms with Crippen LogP contribution in [0.4, 0.5) is 0 Å². The van der Waals surface area contributed by atoms with Crippen LogP contribution in [0.15, 0.2) is 17.0 Å². The third-order valence-electron chi connectivity index (χ3n) is 4.91. The topological polar surface area (TPSA) is 92.5 Å². The van der Waals surface area contributed by atoms with Crippen LogP contribution in [0.2, 0.25) is 0 Å². The van der Waals surface area contributed by atoms with E-state index in [-0.39, 0.29) is 10.8 Å². The molecule has 1 amide bonds. The average Bonchev–Trinajstić information content (AvgIpc) is 2.57. The minimum Gasteiger partial charge on any atom is -0.352 e. The van der Waals surface area contributed by atoms with Gasteiger partial charge in [-0.3, -0.25) is 4.79 Å². The van der Waals surface area contributed by atoms with Gasteiger partial charge in [0.15, 0.2) is 0 Å². The predicted octanol–water partition coefficient (Wildman–Crippen LogP) is 1.80. The van der Waals surface area contributed by atoms with Crippen molar-refractivity contribution in [2.75, 3.05) is 26.2 Å². The normalized spacial score (nSPS) is 16.8. The van der Waals surface area contributed by atoms with Gasteiger partial charge in [-0.25, -0.2) is 8.42 Å². The first-order valence-corrected chi connectivity index (χ1v) is 10.3. The monoisotopic (exact) mass is 367 g/mol. The Balaban J connectivity index is 2.32. The van der Waals surface area contributed by atoms with Crippen molar-refractivity contribution in [1.82, 2.24) is 9.62 Å². The van der Waals surface area contributed by atoms with Gasteiger partial charge in [-0.1, -0.05) is 6.92 Å². The molecule has 1 aliphatic rings. The summed E-state index contributed by atoms with van der Waals surface area (Å²) in [5.41, 5.74) is 7.32. The summed E-state index contributed by atoms with van der Waals surface area (Å²) >= 11 is 0. The Bertz CT molecular complexity index is 723. The molecule has 1 aromatic carbocycles. The number of carbonyl (C=O) groups excluding carboxylic acids is 1. The van der Waals surface area contributed by atoms with Gasteiger partial charge < -0.3 is 11.1 Å². The highest BCUT2D eigenvalue weighted by Gasteiger charge is 2.30. The molecule has 25 heavy (non-hydrogen) atoms. The van der Waals surface area contributed by atoms with Crippen molar-refractivity contribution in [2.45, 2.75) is 44.9 Å². The van der Waals surface area contributed by atoms with E-state index in [4.69, 9.17) is 5.73 Å². The Morgan fingerprint density at radius 2 is 1.92 bits per heavy atom. The van der Waals surface area contributed by atoms with Crippen LogP contribution in [0.3, 0.4) is 0 Å². The number of nitrogens with zero attached hydrogens (tertiary/aromatic N) is 1. The molecule has 0 spiro atoms. The Hall–Kier alpha value is -1.44. The van der Waals surface area contributed by atoms with Gasteiger partial charge in [0.2, 0.25) is 10.0 Å². The first-order chi connectivity index (χ1) is 11.8. The molecule has 0 saturated carbocycles. The van der Waals surface area contributed by atoms with Gasteiger partial charge >= 0.3 is 0 Å². The standard InChI is InChI=1S/C18H29N3O3S/c1-13-5-9-21(10-6-13)25(23,24)17-12-16(11-14(2)15(17)3)18(22)20-8-4-7-19/h11-13H,4-10,19H2,1-3H3,(H,20,22). The molecule has 0 atom stereocenters. The van der Waals surface area contributed by atoms with E-state index in [1.807, 2.05) is 6.92 Å². The molecule has 2 rings (SSSR count). The zero-order chi connectivity index (χ0) is 18.6. The van der Waals surface area contributed by atoms with Gasteiger partial charge in [0.25, 0.3) is 5.91 Å². The number of nitrogens with two attached hydrogens (primary N) is 1. The first kappa shape index (κ1) is 19.9. The fourth-order valence-electron chi connectivity index (χ4n) is 3.00. The van der Waals surface area contributed by atoms with Gasteiger partial charge in [-0.2, -0.15) is 4.31 Å². The van der Waals surface area contributed by atoms with Gasteiger partial charge in [-0.15, -0.1) is 0 Å². The number of piperidine rings is 1. The molecule has 1 saturated heterocycles. The molecule has 0 aromatic heterocycles. The first-order valence-electron chi connectivity index (χ1n) is 8.87. The van der Waals surface area contributed by atoms with E-state index in [1.165, 1.54) is 6.07 Å². The van der Waals surface area contributed by atoms with Gasteiger partial charge in [0.05, 0.1) is 4.90 Å². The summed E-state index contributed by atoms with van der Waals surface area (Å²) in [5, 5.41) is 2.78. The third-order valence-corrected chi connectivity index (χ3v) is 6.93. The van der Waals surface area contributed by atoms with Crippen molar-refractivity contribution < 1.29 is 13.2 Å². The van der Waals surface area contributed by atoms with Crippen LogP contribution in [0.1, 0.15) is 47.7 Å². The fourth-order valence-corrected chi connectivity index (χ4v) is 4.79. The van der Waals surface area contributed by atoms with Crippen LogP contribution in [-0.2, 0) is 10.0 Å². The molecule has 7 heteroatoms. The van der Waals surface area contributed by atoms with Crippen LogP contribution in [-0.4, -0.2) is 44.8 Å². The van der Waals surface area contributed by atoms with Crippen molar-refractivity contribution in [1.29, 1.82) is 0 Å². The lowest BCUT2D eigenvalue weighted by Crippen LogP contribution is -2.38. The molecule has 1 fully saturated rings. The van der Waals surface area contributed by atoms with Crippen molar-refractivity contribution >= 4 is 15.9 Å². The smallest absolute Gasteiger partial charge is 0.251 e. The largest absolute Gasteiger partial charge is 0.352 e. The van der Waals surface area contributed by atoms with E-state index in [0.29, 0.717) is 49.6 Å². The number of hydrogen-bond donors (Lipinski definition) is 2. The van der Waals surface area contributed by atoms with Crippen LogP contribution in [0.5, 0.6) is 0 Å². The summed E-state index contributed by atoms with van der Waals surface area (Å²) in [5.74, 6) is 0.286. The molecule has 0 radical (unpaired) electrons. The van der Waals surface area contributed by atoms with E-state index in [0.717, 1.165) is 18.4 Å². The second-order valence-corrected chi connectivity index (χ2v) is 8.81. The minimum atomic E-state index is -3.59. The molecule has 1 aromatic rings. The number of rotatable bonds is 6. The fraction of sp³-hybridized carbons (Fsp3) is 0.611. The van der Waals surface area contributed by atoms with Crippen LogP contribution in [0, 0.1) is 19.8 Å². The zero-order valence-corrected chi connectivity index (χ0v) is 16.2. The highest BCUT2D eigenvalue weighted by molar-refractivity contribution is 7.89. The number of sulfonamides is 1. The highest BCUT2D eigenvalue weighted by Crippen LogP contribution is 2.28. The number of carbonyl (C=O) groups is 1. The minimum absolute atomic E-state index is 0.242. The van der Waals surface area contributed by atoms with E-state index < -0.39 is 10.0 Å². The van der Waals surface area contributed by atoms with Crippen molar-refractivity contribution in [3.63, 3.8) is 0 Å². The number of aryl methyl sites for hydroxylation is 1. The van der Waals surface area contributed by atoms with E-state index in [9.17, 15) is 13.2 Å². The molecule has 3 N–H and O–H groups in total. The molecule has 1 heterocycles. The highest BCUT2D eigenvalue weighted by atomic mass is 32.2. The molecule has 6 nitrogen and oxygen atoms in total. The molecular formula is C18H29N3O3S. The van der Waals surface area contributed by atoms with Gasteiger partial charge in [-0.05, 0) is 68.8 Å². The maximum Gasteiger partial charge on any atom is 0.251 e. The Labute approximate surface area is 150 Å².